The van der Waals surface area contributed by atoms with Crippen molar-refractivity contribution >= 4 is 0 Å². The van der Waals surface area contributed by atoms with Crippen LogP contribution < -0.4 is 5.32 Å². The number of unbranched alkanes of at least 4 members (excludes halogenated alkanes) is 3. The third kappa shape index (κ3) is 9.84. The zero-order valence-electron chi connectivity index (χ0n) is 9.44. The number of ether oxygens (including phenoxy) is 1. The molecule has 0 aromatic heterocycles. The summed E-state index contributed by atoms with van der Waals surface area (Å²) < 4.78 is 5.12. The maximum absolute atomic E-state index is 5.12. The van der Waals surface area contributed by atoms with Gasteiger partial charge in [-0.3, -0.25) is 0 Å². The Hall–Kier alpha value is -0.0800. The standard InChI is InChI=1S/C6H14.C5H11NO/c1-3-5-6-4-2;1-5-4-7-3-2-6-5/h3-6H2,1-2H3;5-6H,2-4H2,1H3. The predicted molar refractivity (Wildman–Crippen MR) is 58.1 cm³/mol. The molecule has 1 fully saturated rings. The van der Waals surface area contributed by atoms with Crippen LogP contribution in [0.15, 0.2) is 0 Å². The van der Waals surface area contributed by atoms with Gasteiger partial charge in [-0.05, 0) is 6.92 Å². The Morgan fingerprint density at radius 2 is 1.85 bits per heavy atom. The molecular weight excluding hydrogens is 162 g/mol. The summed E-state index contributed by atoms with van der Waals surface area (Å²) in [6.45, 7) is 9.36. The molecule has 1 unspecified atom stereocenters. The molecule has 1 heterocycles. The molecule has 13 heavy (non-hydrogen) atoms. The van der Waals surface area contributed by atoms with Crippen molar-refractivity contribution in [3.8, 4) is 0 Å². The van der Waals surface area contributed by atoms with Gasteiger partial charge in [0.15, 0.2) is 0 Å². The molecule has 1 rings (SSSR count). The molecule has 1 aliphatic rings. The topological polar surface area (TPSA) is 21.3 Å². The lowest BCUT2D eigenvalue weighted by Gasteiger charge is -2.19. The van der Waals surface area contributed by atoms with Gasteiger partial charge in [0.05, 0.1) is 13.2 Å². The highest BCUT2D eigenvalue weighted by Gasteiger charge is 2.04. The van der Waals surface area contributed by atoms with E-state index in [-0.39, 0.29) is 0 Å². The van der Waals surface area contributed by atoms with Crippen LogP contribution in [0.5, 0.6) is 0 Å². The van der Waals surface area contributed by atoms with Crippen molar-refractivity contribution in [2.24, 2.45) is 0 Å². The number of hydrogen-bond acceptors (Lipinski definition) is 2. The van der Waals surface area contributed by atoms with Crippen molar-refractivity contribution in [1.29, 1.82) is 0 Å². The van der Waals surface area contributed by atoms with Crippen molar-refractivity contribution in [2.75, 3.05) is 19.8 Å². The second-order valence-electron chi connectivity index (χ2n) is 3.64. The zero-order valence-corrected chi connectivity index (χ0v) is 9.44. The smallest absolute Gasteiger partial charge is 0.0617 e. The molecule has 2 heteroatoms. The van der Waals surface area contributed by atoms with E-state index >= 15 is 0 Å². The van der Waals surface area contributed by atoms with Crippen LogP contribution in [-0.2, 0) is 4.74 Å². The lowest BCUT2D eigenvalue weighted by molar-refractivity contribution is 0.0824. The molecule has 0 aliphatic carbocycles. The molecule has 80 valence electrons. The lowest BCUT2D eigenvalue weighted by Crippen LogP contribution is -2.38. The summed E-state index contributed by atoms with van der Waals surface area (Å²) in [5.74, 6) is 0. The minimum Gasteiger partial charge on any atom is -0.379 e. The van der Waals surface area contributed by atoms with E-state index in [1.807, 2.05) is 0 Å². The molecule has 0 bridgehead atoms. The second kappa shape index (κ2) is 10.0. The Morgan fingerprint density at radius 1 is 1.23 bits per heavy atom. The third-order valence-electron chi connectivity index (χ3n) is 2.06. The van der Waals surface area contributed by atoms with Gasteiger partial charge < -0.3 is 10.1 Å². The first-order valence-electron chi connectivity index (χ1n) is 5.62. The van der Waals surface area contributed by atoms with Crippen LogP contribution in [0.4, 0.5) is 0 Å². The number of morpholine rings is 1. The van der Waals surface area contributed by atoms with Gasteiger partial charge in [0.2, 0.25) is 0 Å². The fourth-order valence-electron chi connectivity index (χ4n) is 1.20. The summed E-state index contributed by atoms with van der Waals surface area (Å²) in [5, 5.41) is 3.26. The molecular formula is C11H25NO. The van der Waals surface area contributed by atoms with Crippen LogP contribution >= 0.6 is 0 Å². The highest BCUT2D eigenvalue weighted by Crippen LogP contribution is 1.95. The monoisotopic (exact) mass is 187 g/mol. The van der Waals surface area contributed by atoms with Gasteiger partial charge in [-0.1, -0.05) is 39.5 Å². The summed E-state index contributed by atoms with van der Waals surface area (Å²) >= 11 is 0. The van der Waals surface area contributed by atoms with Gasteiger partial charge in [0.1, 0.15) is 0 Å². The molecule has 1 saturated heterocycles. The van der Waals surface area contributed by atoms with E-state index in [1.165, 1.54) is 25.7 Å². The minimum atomic E-state index is 0.564. The van der Waals surface area contributed by atoms with Gasteiger partial charge >= 0.3 is 0 Å². The first kappa shape index (κ1) is 12.9. The minimum absolute atomic E-state index is 0.564. The SMILES string of the molecule is CC1COCCN1.CCCCCC. The van der Waals surface area contributed by atoms with Gasteiger partial charge in [0.25, 0.3) is 0 Å². The van der Waals surface area contributed by atoms with Crippen molar-refractivity contribution in [3.63, 3.8) is 0 Å². The van der Waals surface area contributed by atoms with Gasteiger partial charge in [-0.2, -0.15) is 0 Å². The molecule has 0 aromatic rings. The van der Waals surface area contributed by atoms with Crippen LogP contribution in [0.25, 0.3) is 0 Å². The highest BCUT2D eigenvalue weighted by atomic mass is 16.5. The first-order chi connectivity index (χ1) is 6.31. The molecule has 1 aliphatic heterocycles. The Labute approximate surface area is 83.1 Å². The Kier molecular flexibility index (Phi) is 9.94. The van der Waals surface area contributed by atoms with Gasteiger partial charge in [0, 0.05) is 12.6 Å². The van der Waals surface area contributed by atoms with E-state index in [4.69, 9.17) is 4.74 Å². The summed E-state index contributed by atoms with van der Waals surface area (Å²) in [7, 11) is 0. The van der Waals surface area contributed by atoms with Crippen LogP contribution in [-0.4, -0.2) is 25.8 Å². The Balaban J connectivity index is 0.000000226. The Bertz CT molecular complexity index is 86.1. The van der Waals surface area contributed by atoms with E-state index in [9.17, 15) is 0 Å². The largest absolute Gasteiger partial charge is 0.379 e. The summed E-state index contributed by atoms with van der Waals surface area (Å²) in [5.41, 5.74) is 0. The molecule has 0 spiro atoms. The van der Waals surface area contributed by atoms with Crippen LogP contribution in [0.2, 0.25) is 0 Å². The lowest BCUT2D eigenvalue weighted by atomic mass is 10.2. The van der Waals surface area contributed by atoms with Gasteiger partial charge in [-0.25, -0.2) is 0 Å². The van der Waals surface area contributed by atoms with Crippen molar-refractivity contribution < 1.29 is 4.74 Å². The molecule has 1 N–H and O–H groups in total. The van der Waals surface area contributed by atoms with Crippen LogP contribution in [0, 0.1) is 0 Å². The average molecular weight is 187 g/mol. The quantitative estimate of drug-likeness (QED) is 0.686. The average Bonchev–Trinajstić information content (AvgIpc) is 2.17. The number of rotatable bonds is 3. The highest BCUT2D eigenvalue weighted by molar-refractivity contribution is 4.62. The zero-order chi connectivity index (χ0) is 9.94. The maximum Gasteiger partial charge on any atom is 0.0617 e. The van der Waals surface area contributed by atoms with Crippen LogP contribution in [0.3, 0.4) is 0 Å². The second-order valence-corrected chi connectivity index (χ2v) is 3.64. The van der Waals surface area contributed by atoms with E-state index in [0.29, 0.717) is 6.04 Å². The summed E-state index contributed by atoms with van der Waals surface area (Å²) in [4.78, 5) is 0. The molecule has 2 nitrogen and oxygen atoms in total. The third-order valence-corrected chi connectivity index (χ3v) is 2.06. The van der Waals surface area contributed by atoms with Crippen molar-refractivity contribution in [3.05, 3.63) is 0 Å². The van der Waals surface area contributed by atoms with Gasteiger partial charge in [-0.15, -0.1) is 0 Å². The normalized spacial score (nSPS) is 21.9. The fourth-order valence-corrected chi connectivity index (χ4v) is 1.20. The first-order valence-corrected chi connectivity index (χ1v) is 5.62. The molecule has 0 amide bonds. The predicted octanol–water partition coefficient (Wildman–Crippen LogP) is 2.58. The van der Waals surface area contributed by atoms with E-state index < -0.39 is 0 Å². The molecule has 1 atom stereocenters. The van der Waals surface area contributed by atoms with Crippen molar-refractivity contribution in [2.45, 2.75) is 52.5 Å². The molecule has 0 radical (unpaired) electrons. The number of nitrogens with one attached hydrogen (secondary N) is 1. The van der Waals surface area contributed by atoms with E-state index in [1.54, 1.807) is 0 Å². The van der Waals surface area contributed by atoms with E-state index in [2.05, 4.69) is 26.1 Å². The number of hydrogen-bond donors (Lipinski definition) is 1. The summed E-state index contributed by atoms with van der Waals surface area (Å²) in [6, 6.07) is 0.564. The fraction of sp³-hybridized carbons (Fsp3) is 1.00. The molecule has 0 saturated carbocycles. The van der Waals surface area contributed by atoms with E-state index in [0.717, 1.165) is 19.8 Å². The van der Waals surface area contributed by atoms with Crippen molar-refractivity contribution in [1.82, 2.24) is 5.32 Å². The molecule has 0 aromatic carbocycles. The van der Waals surface area contributed by atoms with Crippen LogP contribution in [0.1, 0.15) is 46.5 Å². The maximum atomic E-state index is 5.12. The summed E-state index contributed by atoms with van der Waals surface area (Å²) in [6.07, 6.45) is 5.54. The Morgan fingerprint density at radius 3 is 2.08 bits per heavy atom.